The van der Waals surface area contributed by atoms with Crippen LogP contribution in [-0.2, 0) is 16.6 Å². The fraction of sp³-hybridized carbons (Fsp3) is 0.348. The molecule has 0 aliphatic carbocycles. The van der Waals surface area contributed by atoms with Crippen LogP contribution in [0.4, 0.5) is 0 Å². The lowest BCUT2D eigenvalue weighted by Crippen LogP contribution is -2.31. The second-order valence-electron chi connectivity index (χ2n) is 7.89. The molecule has 1 fully saturated rings. The number of ether oxygens (including phenoxy) is 1. The summed E-state index contributed by atoms with van der Waals surface area (Å²) in [5.41, 5.74) is 3.83. The van der Waals surface area contributed by atoms with E-state index in [-0.39, 0.29) is 5.41 Å². The lowest BCUT2D eigenvalue weighted by atomic mass is 9.74. The van der Waals surface area contributed by atoms with Crippen LogP contribution in [-0.4, -0.2) is 42.2 Å². The van der Waals surface area contributed by atoms with Crippen molar-refractivity contribution in [2.24, 2.45) is 0 Å². The summed E-state index contributed by atoms with van der Waals surface area (Å²) in [5, 5.41) is 14.8. The molecule has 1 atom stereocenters. The number of carbonyl (C=O) groups is 1. The van der Waals surface area contributed by atoms with E-state index in [0.29, 0.717) is 12.3 Å². The van der Waals surface area contributed by atoms with E-state index in [4.69, 9.17) is 4.74 Å². The lowest BCUT2D eigenvalue weighted by molar-refractivity contribution is 0.0518. The zero-order valence-electron chi connectivity index (χ0n) is 17.0. The van der Waals surface area contributed by atoms with E-state index in [1.165, 1.54) is 11.1 Å². The fourth-order valence-electron chi connectivity index (χ4n) is 4.56. The summed E-state index contributed by atoms with van der Waals surface area (Å²) < 4.78 is 6.84. The average molecular weight is 390 g/mol. The predicted octanol–water partition coefficient (Wildman–Crippen LogP) is 3.25. The zero-order valence-corrected chi connectivity index (χ0v) is 17.0. The Kier molecular flexibility index (Phi) is 5.48. The van der Waals surface area contributed by atoms with Gasteiger partial charge in [-0.15, -0.1) is 0 Å². The third-order valence-corrected chi connectivity index (χ3v) is 5.94. The molecule has 1 saturated heterocycles. The number of esters is 1. The molecular weight excluding hydrogens is 363 g/mol. The van der Waals surface area contributed by atoms with Gasteiger partial charge in [0, 0.05) is 17.5 Å². The summed E-state index contributed by atoms with van der Waals surface area (Å²) >= 11 is 0. The monoisotopic (exact) mass is 390 g/mol. The van der Waals surface area contributed by atoms with E-state index >= 15 is 0 Å². The number of carbonyl (C=O) groups excluding carboxylic acids is 1. The van der Waals surface area contributed by atoms with Crippen molar-refractivity contribution in [2.75, 3.05) is 19.7 Å². The second kappa shape index (κ2) is 8.05. The molecule has 0 radical (unpaired) electrons. The van der Waals surface area contributed by atoms with Crippen LogP contribution in [0.15, 0.2) is 54.6 Å². The molecule has 3 aromatic rings. The van der Waals surface area contributed by atoms with Gasteiger partial charge in [-0.2, -0.15) is 0 Å². The van der Waals surface area contributed by atoms with E-state index in [1.807, 2.05) is 18.2 Å². The van der Waals surface area contributed by atoms with Gasteiger partial charge in [-0.25, -0.2) is 4.79 Å². The minimum Gasteiger partial charge on any atom is -0.461 e. The third-order valence-electron chi connectivity index (χ3n) is 5.94. The van der Waals surface area contributed by atoms with Crippen LogP contribution >= 0.6 is 0 Å². The molecule has 0 amide bonds. The number of aromatic nitrogens is 1. The van der Waals surface area contributed by atoms with Crippen molar-refractivity contribution in [2.45, 2.75) is 32.0 Å². The standard InChI is InChI=1S/C23H27BN2O3/c1-3-29-22(27)21-14-18-13-19(9-10-20(18)26(21)24(2)28)23(11-12-25-16-23)15-17-7-5-4-6-8-17/h4-10,13-14,25,28H,3,11-12,15-16H2,1-2H3. The molecule has 1 aliphatic rings. The molecule has 4 rings (SSSR count). The number of hydrogen-bond acceptors (Lipinski definition) is 4. The average Bonchev–Trinajstić information content (AvgIpc) is 3.33. The number of nitrogens with zero attached hydrogens (tertiary/aromatic N) is 1. The van der Waals surface area contributed by atoms with Crippen LogP contribution in [0.2, 0.25) is 6.82 Å². The van der Waals surface area contributed by atoms with E-state index in [1.54, 1.807) is 18.2 Å². The minimum atomic E-state index is -0.816. The molecule has 1 unspecified atom stereocenters. The van der Waals surface area contributed by atoms with Gasteiger partial charge >= 0.3 is 13.0 Å². The third kappa shape index (κ3) is 3.70. The molecule has 2 N–H and O–H groups in total. The molecule has 6 heteroatoms. The molecule has 1 aromatic heterocycles. The SMILES string of the molecule is CCOC(=O)c1cc2cc(C3(Cc4ccccc4)CCNC3)ccc2n1B(C)O. The van der Waals surface area contributed by atoms with Crippen molar-refractivity contribution in [3.8, 4) is 0 Å². The fourth-order valence-corrected chi connectivity index (χ4v) is 4.56. The highest BCUT2D eigenvalue weighted by molar-refractivity contribution is 6.49. The van der Waals surface area contributed by atoms with Gasteiger partial charge in [0.15, 0.2) is 0 Å². The first-order chi connectivity index (χ1) is 14.0. The number of nitrogens with one attached hydrogen (secondary N) is 1. The van der Waals surface area contributed by atoms with Gasteiger partial charge in [-0.05, 0) is 67.8 Å². The van der Waals surface area contributed by atoms with Crippen molar-refractivity contribution in [3.63, 3.8) is 0 Å². The Hall–Kier alpha value is -2.57. The highest BCUT2D eigenvalue weighted by Gasteiger charge is 2.36. The van der Waals surface area contributed by atoms with Crippen LogP contribution < -0.4 is 5.32 Å². The van der Waals surface area contributed by atoms with Crippen molar-refractivity contribution < 1.29 is 14.6 Å². The van der Waals surface area contributed by atoms with Gasteiger partial charge < -0.3 is 19.6 Å². The van der Waals surface area contributed by atoms with Gasteiger partial charge in [-0.1, -0.05) is 36.4 Å². The Balaban J connectivity index is 1.78. The highest BCUT2D eigenvalue weighted by Crippen LogP contribution is 2.36. The van der Waals surface area contributed by atoms with Crippen molar-refractivity contribution in [1.29, 1.82) is 0 Å². The van der Waals surface area contributed by atoms with Crippen LogP contribution in [0.25, 0.3) is 10.9 Å². The maximum Gasteiger partial charge on any atom is 0.414 e. The number of hydrogen-bond donors (Lipinski definition) is 2. The maximum atomic E-state index is 12.4. The van der Waals surface area contributed by atoms with Crippen molar-refractivity contribution in [1.82, 2.24) is 9.79 Å². The smallest absolute Gasteiger partial charge is 0.414 e. The Bertz CT molecular complexity index is 1010. The largest absolute Gasteiger partial charge is 0.461 e. The Morgan fingerprint density at radius 1 is 1.24 bits per heavy atom. The van der Waals surface area contributed by atoms with Crippen molar-refractivity contribution >= 4 is 23.9 Å². The molecule has 29 heavy (non-hydrogen) atoms. The Labute approximate surface area is 171 Å². The summed E-state index contributed by atoms with van der Waals surface area (Å²) in [4.78, 5) is 12.4. The van der Waals surface area contributed by atoms with E-state index < -0.39 is 13.0 Å². The van der Waals surface area contributed by atoms with Crippen LogP contribution in [0.5, 0.6) is 0 Å². The zero-order chi connectivity index (χ0) is 20.4. The highest BCUT2D eigenvalue weighted by atomic mass is 16.5. The van der Waals surface area contributed by atoms with Gasteiger partial charge in [0.25, 0.3) is 0 Å². The van der Waals surface area contributed by atoms with Crippen LogP contribution in [0.1, 0.15) is 35.0 Å². The number of rotatable bonds is 6. The molecular formula is C23H27BN2O3. The molecule has 0 spiro atoms. The normalized spacial score (nSPS) is 18.9. The molecule has 2 aromatic carbocycles. The van der Waals surface area contributed by atoms with Crippen molar-refractivity contribution in [3.05, 3.63) is 71.4 Å². The first-order valence-electron chi connectivity index (χ1n) is 10.3. The molecule has 0 saturated carbocycles. The summed E-state index contributed by atoms with van der Waals surface area (Å²) in [7, 11) is -0.816. The van der Waals surface area contributed by atoms with E-state index in [0.717, 1.165) is 36.8 Å². The van der Waals surface area contributed by atoms with E-state index in [9.17, 15) is 9.82 Å². The Morgan fingerprint density at radius 2 is 2.03 bits per heavy atom. The topological polar surface area (TPSA) is 63.5 Å². The summed E-state index contributed by atoms with van der Waals surface area (Å²) in [6, 6.07) is 18.8. The maximum absolute atomic E-state index is 12.4. The summed E-state index contributed by atoms with van der Waals surface area (Å²) in [6.45, 7) is 5.67. The quantitative estimate of drug-likeness (QED) is 0.501. The first kappa shape index (κ1) is 19.7. The van der Waals surface area contributed by atoms with Crippen LogP contribution in [0, 0.1) is 0 Å². The Morgan fingerprint density at radius 3 is 2.69 bits per heavy atom. The summed E-state index contributed by atoms with van der Waals surface area (Å²) in [5.74, 6) is -0.410. The number of fused-ring (bicyclic) bond motifs is 1. The molecule has 5 nitrogen and oxygen atoms in total. The second-order valence-corrected chi connectivity index (χ2v) is 7.89. The summed E-state index contributed by atoms with van der Waals surface area (Å²) in [6.07, 6.45) is 2.03. The molecule has 0 bridgehead atoms. The van der Waals surface area contributed by atoms with Gasteiger partial charge in [-0.3, -0.25) is 0 Å². The molecule has 2 heterocycles. The van der Waals surface area contributed by atoms with Gasteiger partial charge in [0.2, 0.25) is 0 Å². The predicted molar refractivity (Wildman–Crippen MR) is 116 cm³/mol. The van der Waals surface area contributed by atoms with Crippen LogP contribution in [0.3, 0.4) is 0 Å². The van der Waals surface area contributed by atoms with E-state index in [2.05, 4.69) is 41.7 Å². The lowest BCUT2D eigenvalue weighted by Gasteiger charge is -2.29. The number of benzene rings is 2. The molecule has 1 aliphatic heterocycles. The first-order valence-corrected chi connectivity index (χ1v) is 10.3. The van der Waals surface area contributed by atoms with Gasteiger partial charge in [0.05, 0.1) is 6.61 Å². The van der Waals surface area contributed by atoms with Gasteiger partial charge in [0.1, 0.15) is 5.69 Å². The minimum absolute atomic E-state index is 0.0204. The molecule has 150 valence electrons.